The van der Waals surface area contributed by atoms with E-state index >= 15 is 0 Å². The van der Waals surface area contributed by atoms with Gasteiger partial charge in [-0.2, -0.15) is 18.2 Å². The number of rotatable bonds is 2. The molecule has 0 aliphatic carbocycles. The Morgan fingerprint density at radius 3 is 2.50 bits per heavy atom. The number of hydrogen-bond acceptors (Lipinski definition) is 5. The molecule has 2 rings (SSSR count). The molecule has 1 fully saturated rings. The number of alkyl halides is 3. The Hall–Kier alpha value is -2.29. The molecule has 1 saturated heterocycles. The molecule has 1 heterocycles. The minimum Gasteiger partial charge on any atom is -0.507 e. The largest absolute Gasteiger partial charge is 0.507 e. The minimum atomic E-state index is -5.22. The predicted molar refractivity (Wildman–Crippen MR) is 77.1 cm³/mol. The Balaban J connectivity index is 2.31. The van der Waals surface area contributed by atoms with Gasteiger partial charge >= 0.3 is 12.1 Å². The monoisotopic (exact) mass is 346 g/mol. The third-order valence-electron chi connectivity index (χ3n) is 3.64. The number of nitrogens with one attached hydrogen (secondary N) is 1. The fourth-order valence-electron chi connectivity index (χ4n) is 2.40. The van der Waals surface area contributed by atoms with Crippen LogP contribution >= 0.6 is 0 Å². The number of carbonyl (C=O) groups excluding carboxylic acids is 2. The van der Waals surface area contributed by atoms with Gasteiger partial charge in [0, 0.05) is 0 Å². The maximum atomic E-state index is 12.6. The molecule has 0 radical (unpaired) electrons. The lowest BCUT2D eigenvalue weighted by Crippen LogP contribution is -2.48. The fourth-order valence-corrected chi connectivity index (χ4v) is 2.40. The number of phenolic OH excluding ortho intramolecular Hbond substituents is 1. The van der Waals surface area contributed by atoms with E-state index in [2.05, 4.69) is 10.2 Å². The number of aromatic hydroxyl groups is 1. The van der Waals surface area contributed by atoms with Crippen LogP contribution in [-0.2, 0) is 9.63 Å². The van der Waals surface area contributed by atoms with Gasteiger partial charge in [-0.3, -0.25) is 4.79 Å². The zero-order chi connectivity index (χ0) is 17.9. The van der Waals surface area contributed by atoms with Gasteiger partial charge < -0.3 is 15.3 Å². The van der Waals surface area contributed by atoms with E-state index in [9.17, 15) is 27.9 Å². The van der Waals surface area contributed by atoms with Crippen molar-refractivity contribution in [1.29, 1.82) is 0 Å². The molecule has 0 bridgehead atoms. The first-order valence-electron chi connectivity index (χ1n) is 7.33. The van der Waals surface area contributed by atoms with Crippen LogP contribution in [-0.4, -0.2) is 47.4 Å². The third kappa shape index (κ3) is 4.16. The van der Waals surface area contributed by atoms with Crippen molar-refractivity contribution < 1.29 is 32.7 Å². The van der Waals surface area contributed by atoms with Gasteiger partial charge in [0.2, 0.25) is 0 Å². The minimum absolute atomic E-state index is 0.219. The van der Waals surface area contributed by atoms with Crippen molar-refractivity contribution in [2.45, 2.75) is 32.0 Å². The number of hydrogen-bond donors (Lipinski definition) is 2. The van der Waals surface area contributed by atoms with E-state index in [0.717, 1.165) is 0 Å². The molecule has 6 nitrogen and oxygen atoms in total. The summed E-state index contributed by atoms with van der Waals surface area (Å²) in [5, 5.41) is 13.3. The average molecular weight is 346 g/mol. The molecule has 0 spiro atoms. The Labute approximate surface area is 136 Å². The van der Waals surface area contributed by atoms with Crippen LogP contribution in [0.2, 0.25) is 0 Å². The lowest BCUT2D eigenvalue weighted by molar-refractivity contribution is -0.235. The van der Waals surface area contributed by atoms with E-state index in [4.69, 9.17) is 0 Å². The number of piperidine rings is 1. The summed E-state index contributed by atoms with van der Waals surface area (Å²) in [5.41, 5.74) is 0.409. The molecule has 132 valence electrons. The summed E-state index contributed by atoms with van der Waals surface area (Å²) < 4.78 is 37.5. The van der Waals surface area contributed by atoms with Crippen molar-refractivity contribution >= 4 is 11.9 Å². The predicted octanol–water partition coefficient (Wildman–Crippen LogP) is 1.92. The summed E-state index contributed by atoms with van der Waals surface area (Å²) in [6, 6.07) is 3.43. The first kappa shape index (κ1) is 18.1. The van der Waals surface area contributed by atoms with Crippen molar-refractivity contribution in [1.82, 2.24) is 10.4 Å². The summed E-state index contributed by atoms with van der Waals surface area (Å²) in [6.07, 6.45) is -4.58. The van der Waals surface area contributed by atoms with Gasteiger partial charge in [-0.15, -0.1) is 0 Å². The molecular formula is C15H17F3N2O4. The summed E-state index contributed by atoms with van der Waals surface area (Å²) in [5.74, 6) is -3.85. The van der Waals surface area contributed by atoms with Gasteiger partial charge in [0.25, 0.3) is 5.91 Å². The van der Waals surface area contributed by atoms with Crippen molar-refractivity contribution in [2.24, 2.45) is 0 Å². The molecule has 24 heavy (non-hydrogen) atoms. The number of aryl methyl sites for hydroxylation is 1. The number of nitrogens with zero attached hydrogens (tertiary/aromatic N) is 1. The zero-order valence-electron chi connectivity index (χ0n) is 12.9. The number of phenols is 1. The lowest BCUT2D eigenvalue weighted by atomic mass is 10.0. The molecule has 0 aromatic heterocycles. The Morgan fingerprint density at radius 1 is 1.29 bits per heavy atom. The van der Waals surface area contributed by atoms with E-state index in [0.29, 0.717) is 36.6 Å². The van der Waals surface area contributed by atoms with Crippen LogP contribution in [0.15, 0.2) is 18.2 Å². The first-order chi connectivity index (χ1) is 11.2. The van der Waals surface area contributed by atoms with Gasteiger partial charge in [-0.25, -0.2) is 4.79 Å². The molecular weight excluding hydrogens is 329 g/mol. The Morgan fingerprint density at radius 2 is 1.92 bits per heavy atom. The average Bonchev–Trinajstić information content (AvgIpc) is 2.54. The highest BCUT2D eigenvalue weighted by molar-refractivity contribution is 5.97. The maximum absolute atomic E-state index is 12.6. The number of halogens is 3. The van der Waals surface area contributed by atoms with Crippen LogP contribution in [0.5, 0.6) is 5.75 Å². The SMILES string of the molecule is Cc1ccc(O)c(C(=O)N(OC(=O)C(F)(F)F)C2CCNCC2)c1. The van der Waals surface area contributed by atoms with Crippen LogP contribution < -0.4 is 5.32 Å². The zero-order valence-corrected chi connectivity index (χ0v) is 12.9. The van der Waals surface area contributed by atoms with Crippen LogP contribution in [0.4, 0.5) is 13.2 Å². The number of carbonyl (C=O) groups is 2. The second kappa shape index (κ2) is 7.08. The van der Waals surface area contributed by atoms with Gasteiger partial charge in [-0.1, -0.05) is 11.6 Å². The van der Waals surface area contributed by atoms with E-state index in [1.165, 1.54) is 12.1 Å². The van der Waals surface area contributed by atoms with Crippen LogP contribution in [0, 0.1) is 6.92 Å². The first-order valence-corrected chi connectivity index (χ1v) is 7.33. The van der Waals surface area contributed by atoms with Crippen LogP contribution in [0.25, 0.3) is 0 Å². The van der Waals surface area contributed by atoms with Gasteiger partial charge in [0.05, 0.1) is 11.6 Å². The topological polar surface area (TPSA) is 78.9 Å². The standard InChI is InChI=1S/C15H17F3N2O4/c1-9-2-3-12(21)11(8-9)13(22)20(10-4-6-19-7-5-10)24-14(23)15(16,17)18/h2-3,8,10,19,21H,4-7H2,1H3. The molecule has 1 aliphatic heterocycles. The molecule has 0 unspecified atom stereocenters. The smallest absolute Gasteiger partial charge is 0.493 e. The molecule has 1 aliphatic rings. The Kier molecular flexibility index (Phi) is 5.33. The van der Waals surface area contributed by atoms with Crippen molar-refractivity contribution in [2.75, 3.05) is 13.1 Å². The summed E-state index contributed by atoms with van der Waals surface area (Å²) in [6.45, 7) is 2.60. The van der Waals surface area contributed by atoms with Crippen LogP contribution in [0.3, 0.4) is 0 Å². The van der Waals surface area contributed by atoms with E-state index < -0.39 is 29.8 Å². The summed E-state index contributed by atoms with van der Waals surface area (Å²) in [7, 11) is 0. The second-order valence-corrected chi connectivity index (χ2v) is 5.51. The van der Waals surface area contributed by atoms with Gasteiger partial charge in [0.1, 0.15) is 5.75 Å². The van der Waals surface area contributed by atoms with Crippen molar-refractivity contribution in [3.05, 3.63) is 29.3 Å². The van der Waals surface area contributed by atoms with E-state index in [1.54, 1.807) is 13.0 Å². The lowest BCUT2D eigenvalue weighted by Gasteiger charge is -2.32. The Bertz CT molecular complexity index is 628. The highest BCUT2D eigenvalue weighted by atomic mass is 19.4. The highest BCUT2D eigenvalue weighted by Crippen LogP contribution is 2.25. The van der Waals surface area contributed by atoms with Crippen molar-refractivity contribution in [3.8, 4) is 5.75 Å². The summed E-state index contributed by atoms with van der Waals surface area (Å²) >= 11 is 0. The second-order valence-electron chi connectivity index (χ2n) is 5.51. The molecule has 0 atom stereocenters. The number of amides is 1. The number of benzene rings is 1. The van der Waals surface area contributed by atoms with E-state index in [-0.39, 0.29) is 5.56 Å². The molecule has 2 N–H and O–H groups in total. The van der Waals surface area contributed by atoms with E-state index in [1.807, 2.05) is 0 Å². The quantitative estimate of drug-likeness (QED) is 0.800. The third-order valence-corrected chi connectivity index (χ3v) is 3.64. The molecule has 9 heteroatoms. The maximum Gasteiger partial charge on any atom is 0.493 e. The number of hydroxylamine groups is 2. The van der Waals surface area contributed by atoms with Gasteiger partial charge in [0.15, 0.2) is 0 Å². The summed E-state index contributed by atoms with van der Waals surface area (Å²) in [4.78, 5) is 28.1. The normalized spacial score (nSPS) is 15.8. The molecule has 1 amide bonds. The molecule has 1 aromatic carbocycles. The highest BCUT2D eigenvalue weighted by Gasteiger charge is 2.45. The van der Waals surface area contributed by atoms with Crippen LogP contribution in [0.1, 0.15) is 28.8 Å². The fraction of sp³-hybridized carbons (Fsp3) is 0.467. The molecule has 0 saturated carbocycles. The van der Waals surface area contributed by atoms with Gasteiger partial charge in [-0.05, 0) is 45.0 Å². The molecule has 1 aromatic rings. The van der Waals surface area contributed by atoms with Crippen molar-refractivity contribution in [3.63, 3.8) is 0 Å².